The van der Waals surface area contributed by atoms with E-state index in [1.807, 2.05) is 17.1 Å². The number of piperazine rings is 1. The van der Waals surface area contributed by atoms with E-state index in [0.29, 0.717) is 35.9 Å². The van der Waals surface area contributed by atoms with Gasteiger partial charge in [-0.2, -0.15) is 0 Å². The number of anilines is 2. The van der Waals surface area contributed by atoms with Crippen LogP contribution in [0.3, 0.4) is 0 Å². The Labute approximate surface area is 191 Å². The number of aryl methyl sites for hydroxylation is 1. The van der Waals surface area contributed by atoms with Gasteiger partial charge in [-0.15, -0.1) is 11.8 Å². The molecule has 1 aliphatic heterocycles. The molecule has 9 heteroatoms. The van der Waals surface area contributed by atoms with Crippen LogP contribution in [0.15, 0.2) is 35.2 Å². The number of hydrazine groups is 1. The number of methoxy groups -OCH3 is 1. The minimum Gasteiger partial charge on any atom is -0.479 e. The zero-order valence-electron chi connectivity index (χ0n) is 18.5. The van der Waals surface area contributed by atoms with E-state index < -0.39 is 0 Å². The minimum absolute atomic E-state index is 0.0639. The number of thioether (sulfide) groups is 2. The highest BCUT2D eigenvalue weighted by Gasteiger charge is 2.33. The third-order valence-electron chi connectivity index (χ3n) is 5.29. The number of hydrogen-bond acceptors (Lipinski definition) is 9. The standard InChI is InChI=1S/C22H28N4O3S2/c1-14-16(15(2)27)12-17(21(23-14)29-3)24-26-11-10-25(13-19(26)22(28)31-5)18-8-6-7-9-20(18)30-4/h6-9,12,19,24H,10-11,13H2,1-5H3. The van der Waals surface area contributed by atoms with Gasteiger partial charge >= 0.3 is 0 Å². The van der Waals surface area contributed by atoms with Crippen molar-refractivity contribution in [2.75, 3.05) is 49.6 Å². The molecule has 7 nitrogen and oxygen atoms in total. The van der Waals surface area contributed by atoms with Crippen LogP contribution in [0.5, 0.6) is 5.88 Å². The Balaban J connectivity index is 1.89. The fourth-order valence-electron chi connectivity index (χ4n) is 3.69. The maximum atomic E-state index is 12.8. The molecular formula is C22H28N4O3S2. The van der Waals surface area contributed by atoms with Crippen LogP contribution in [0.25, 0.3) is 0 Å². The molecule has 1 N–H and O–H groups in total. The van der Waals surface area contributed by atoms with E-state index >= 15 is 0 Å². The second kappa shape index (κ2) is 10.4. The number of nitrogens with one attached hydrogen (secondary N) is 1. The fourth-order valence-corrected chi connectivity index (χ4v) is 4.79. The van der Waals surface area contributed by atoms with Gasteiger partial charge in [0.15, 0.2) is 5.78 Å². The Morgan fingerprint density at radius 1 is 1.23 bits per heavy atom. The monoisotopic (exact) mass is 460 g/mol. The first-order valence-corrected chi connectivity index (χ1v) is 12.4. The summed E-state index contributed by atoms with van der Waals surface area (Å²) in [5, 5.41) is 2.00. The maximum absolute atomic E-state index is 12.8. The summed E-state index contributed by atoms with van der Waals surface area (Å²) in [6.45, 7) is 5.23. The predicted molar refractivity (Wildman–Crippen MR) is 129 cm³/mol. The number of aromatic nitrogens is 1. The van der Waals surface area contributed by atoms with Gasteiger partial charge in [0.05, 0.1) is 18.5 Å². The molecule has 2 aromatic rings. The first-order chi connectivity index (χ1) is 14.9. The highest BCUT2D eigenvalue weighted by Crippen LogP contribution is 2.32. The summed E-state index contributed by atoms with van der Waals surface area (Å²) in [4.78, 5) is 32.7. The third-order valence-corrected chi connectivity index (χ3v) is 6.75. The van der Waals surface area contributed by atoms with Gasteiger partial charge < -0.3 is 15.1 Å². The second-order valence-electron chi connectivity index (χ2n) is 7.20. The highest BCUT2D eigenvalue weighted by atomic mass is 32.2. The first-order valence-electron chi connectivity index (χ1n) is 9.95. The zero-order chi connectivity index (χ0) is 22.5. The lowest BCUT2D eigenvalue weighted by molar-refractivity contribution is -0.115. The van der Waals surface area contributed by atoms with Gasteiger partial charge in [0.25, 0.3) is 0 Å². The molecule has 0 saturated carbocycles. The van der Waals surface area contributed by atoms with Gasteiger partial charge in [-0.3, -0.25) is 9.59 Å². The summed E-state index contributed by atoms with van der Waals surface area (Å²) in [6, 6.07) is 9.63. The smallest absolute Gasteiger partial charge is 0.238 e. The molecule has 0 bridgehead atoms. The Morgan fingerprint density at radius 2 is 1.97 bits per heavy atom. The van der Waals surface area contributed by atoms with Gasteiger partial charge in [0.1, 0.15) is 11.7 Å². The first kappa shape index (κ1) is 23.4. The number of ketones is 1. The summed E-state index contributed by atoms with van der Waals surface area (Å²) in [6.07, 6.45) is 3.86. The number of hydrogen-bond donors (Lipinski definition) is 1. The van der Waals surface area contributed by atoms with Crippen molar-refractivity contribution >= 4 is 45.8 Å². The number of Topliss-reactive ketones (excluding diaryl/α,β-unsaturated/α-hetero) is 1. The Morgan fingerprint density at radius 3 is 2.61 bits per heavy atom. The number of carbonyl (C=O) groups excluding carboxylic acids is 2. The van der Waals surface area contributed by atoms with Crippen LogP contribution in [0.1, 0.15) is 23.0 Å². The van der Waals surface area contributed by atoms with Gasteiger partial charge in [-0.25, -0.2) is 9.99 Å². The van der Waals surface area contributed by atoms with Crippen LogP contribution in [-0.2, 0) is 4.79 Å². The molecular weight excluding hydrogens is 432 g/mol. The van der Waals surface area contributed by atoms with E-state index in [0.717, 1.165) is 12.2 Å². The number of benzene rings is 1. The van der Waals surface area contributed by atoms with Crippen molar-refractivity contribution in [3.8, 4) is 5.88 Å². The normalized spacial score (nSPS) is 16.8. The lowest BCUT2D eigenvalue weighted by atomic mass is 10.1. The number of pyridine rings is 1. The van der Waals surface area contributed by atoms with E-state index in [4.69, 9.17) is 4.74 Å². The number of ether oxygens (including phenoxy) is 1. The topological polar surface area (TPSA) is 74.8 Å². The summed E-state index contributed by atoms with van der Waals surface area (Å²) >= 11 is 2.92. The fraction of sp³-hybridized carbons (Fsp3) is 0.409. The summed E-state index contributed by atoms with van der Waals surface area (Å²) in [5.74, 6) is 0.332. The van der Waals surface area contributed by atoms with E-state index in [-0.39, 0.29) is 16.9 Å². The molecule has 1 unspecified atom stereocenters. The zero-order valence-corrected chi connectivity index (χ0v) is 20.1. The molecule has 166 valence electrons. The average molecular weight is 461 g/mol. The molecule has 2 heterocycles. The van der Waals surface area contributed by atoms with Crippen LogP contribution in [0.2, 0.25) is 0 Å². The van der Waals surface area contributed by atoms with Crippen LogP contribution >= 0.6 is 23.5 Å². The molecule has 1 fully saturated rings. The molecule has 31 heavy (non-hydrogen) atoms. The number of para-hydroxylation sites is 1. The van der Waals surface area contributed by atoms with Crippen molar-refractivity contribution in [2.45, 2.75) is 24.8 Å². The van der Waals surface area contributed by atoms with Crippen molar-refractivity contribution < 1.29 is 14.3 Å². The number of rotatable bonds is 7. The van der Waals surface area contributed by atoms with E-state index in [9.17, 15) is 9.59 Å². The van der Waals surface area contributed by atoms with Gasteiger partial charge in [0, 0.05) is 30.1 Å². The molecule has 0 amide bonds. The van der Waals surface area contributed by atoms with Gasteiger partial charge in [-0.05, 0) is 44.6 Å². The van der Waals surface area contributed by atoms with Crippen molar-refractivity contribution in [3.05, 3.63) is 41.6 Å². The quantitative estimate of drug-likeness (QED) is 0.491. The summed E-state index contributed by atoms with van der Waals surface area (Å²) in [7, 11) is 1.54. The van der Waals surface area contributed by atoms with Crippen LogP contribution < -0.4 is 15.1 Å². The maximum Gasteiger partial charge on any atom is 0.238 e. The van der Waals surface area contributed by atoms with E-state index in [1.165, 1.54) is 23.6 Å². The van der Waals surface area contributed by atoms with E-state index in [1.54, 1.807) is 38.1 Å². The lowest BCUT2D eigenvalue weighted by Gasteiger charge is -2.42. The average Bonchev–Trinajstić information content (AvgIpc) is 2.79. The van der Waals surface area contributed by atoms with Gasteiger partial charge in [0.2, 0.25) is 11.0 Å². The Kier molecular flexibility index (Phi) is 7.85. The largest absolute Gasteiger partial charge is 0.479 e. The van der Waals surface area contributed by atoms with Crippen molar-refractivity contribution in [2.24, 2.45) is 0 Å². The van der Waals surface area contributed by atoms with Crippen molar-refractivity contribution in [1.29, 1.82) is 0 Å². The second-order valence-corrected chi connectivity index (χ2v) is 8.86. The Bertz CT molecular complexity index is 970. The van der Waals surface area contributed by atoms with Gasteiger partial charge in [-0.1, -0.05) is 23.9 Å². The van der Waals surface area contributed by atoms with E-state index in [2.05, 4.69) is 33.7 Å². The molecule has 0 radical (unpaired) electrons. The summed E-state index contributed by atoms with van der Waals surface area (Å²) < 4.78 is 5.43. The van der Waals surface area contributed by atoms with Crippen molar-refractivity contribution in [1.82, 2.24) is 9.99 Å². The lowest BCUT2D eigenvalue weighted by Crippen LogP contribution is -2.58. The molecule has 1 aliphatic rings. The van der Waals surface area contributed by atoms with Crippen LogP contribution in [0.4, 0.5) is 11.4 Å². The number of carbonyl (C=O) groups is 2. The highest BCUT2D eigenvalue weighted by molar-refractivity contribution is 8.13. The molecule has 1 atom stereocenters. The minimum atomic E-state index is -0.370. The number of nitrogens with zero attached hydrogens (tertiary/aromatic N) is 3. The van der Waals surface area contributed by atoms with Crippen molar-refractivity contribution in [3.63, 3.8) is 0 Å². The summed E-state index contributed by atoms with van der Waals surface area (Å²) in [5.41, 5.74) is 6.18. The predicted octanol–water partition coefficient (Wildman–Crippen LogP) is 3.73. The SMILES string of the molecule is COc1nc(C)c(C(C)=O)cc1NN1CCN(c2ccccc2SC)CC1C(=O)SC. The van der Waals surface area contributed by atoms with Crippen LogP contribution in [-0.4, -0.2) is 66.2 Å². The Hall–Kier alpha value is -2.23. The molecule has 0 spiro atoms. The molecule has 3 rings (SSSR count). The third kappa shape index (κ3) is 5.16. The molecule has 1 saturated heterocycles. The molecule has 1 aromatic carbocycles. The molecule has 1 aromatic heterocycles. The van der Waals surface area contributed by atoms with Crippen LogP contribution in [0, 0.1) is 6.92 Å². The molecule has 0 aliphatic carbocycles.